The van der Waals surface area contributed by atoms with Crippen molar-refractivity contribution < 1.29 is 15.0 Å². The fourth-order valence-electron chi connectivity index (χ4n) is 1.31. The third-order valence-corrected chi connectivity index (χ3v) is 2.11. The Kier molecular flexibility index (Phi) is 5.31. The number of carboxylic acids is 1. The molecule has 7 heteroatoms. The number of aliphatic hydroxyl groups is 1. The number of nitrogens with one attached hydrogen (secondary N) is 1. The number of nitrogens with zero attached hydrogens (tertiary/aromatic N) is 3. The van der Waals surface area contributed by atoms with Gasteiger partial charge in [-0.2, -0.15) is 0 Å². The molecule has 1 heterocycles. The van der Waals surface area contributed by atoms with E-state index < -0.39 is 12.0 Å². The predicted molar refractivity (Wildman–Crippen MR) is 60.3 cm³/mol. The number of aryl methyl sites for hydroxylation is 1. The van der Waals surface area contributed by atoms with Crippen molar-refractivity contribution >= 4 is 5.97 Å². The fraction of sp³-hybridized carbons (Fsp3) is 0.500. The van der Waals surface area contributed by atoms with Gasteiger partial charge >= 0.3 is 5.97 Å². The molecule has 0 saturated carbocycles. The molecular formula is C10H16N4O3. The van der Waals surface area contributed by atoms with E-state index in [1.165, 1.54) is 4.68 Å². The smallest absolute Gasteiger partial charge is 0.327 e. The fourth-order valence-corrected chi connectivity index (χ4v) is 1.31. The van der Waals surface area contributed by atoms with Crippen molar-refractivity contribution in [2.45, 2.75) is 19.0 Å². The van der Waals surface area contributed by atoms with Crippen LogP contribution < -0.4 is 5.32 Å². The molecule has 0 spiro atoms. The number of rotatable bonds is 8. The van der Waals surface area contributed by atoms with Crippen LogP contribution in [0.5, 0.6) is 0 Å². The number of aliphatic carboxylic acids is 1. The van der Waals surface area contributed by atoms with Crippen molar-refractivity contribution in [3.05, 3.63) is 24.5 Å². The summed E-state index contributed by atoms with van der Waals surface area (Å²) in [5.41, 5.74) is 0.345. The monoisotopic (exact) mass is 240 g/mol. The summed E-state index contributed by atoms with van der Waals surface area (Å²) < 4.78 is 1.51. The van der Waals surface area contributed by atoms with Gasteiger partial charge in [-0.15, -0.1) is 11.7 Å². The maximum atomic E-state index is 11.0. The van der Waals surface area contributed by atoms with Crippen LogP contribution in [0.25, 0.3) is 0 Å². The van der Waals surface area contributed by atoms with Gasteiger partial charge in [0.2, 0.25) is 0 Å². The highest BCUT2D eigenvalue weighted by Crippen LogP contribution is 2.09. The van der Waals surface area contributed by atoms with Crippen molar-refractivity contribution in [2.24, 2.45) is 0 Å². The molecule has 0 aliphatic heterocycles. The Morgan fingerprint density at radius 2 is 2.47 bits per heavy atom. The number of aliphatic hydroxyl groups excluding tert-OH is 1. The van der Waals surface area contributed by atoms with Crippen molar-refractivity contribution in [1.82, 2.24) is 20.3 Å². The molecule has 1 atom stereocenters. The third-order valence-electron chi connectivity index (χ3n) is 2.11. The first-order chi connectivity index (χ1) is 8.19. The van der Waals surface area contributed by atoms with Gasteiger partial charge in [0.05, 0.1) is 6.20 Å². The normalized spacial score (nSPS) is 12.3. The minimum Gasteiger partial charge on any atom is -0.480 e. The first-order valence-corrected chi connectivity index (χ1v) is 5.27. The largest absolute Gasteiger partial charge is 0.480 e. The van der Waals surface area contributed by atoms with E-state index in [2.05, 4.69) is 22.2 Å². The standard InChI is InChI=1S/C10H16N4O3/c1-2-4-11-9(10(16)17)8-7-14(13-12-8)5-3-6-15/h2,7,9,11,15H,1,3-6H2,(H,16,17). The van der Waals surface area contributed by atoms with Gasteiger partial charge < -0.3 is 10.2 Å². The van der Waals surface area contributed by atoms with E-state index >= 15 is 0 Å². The number of carbonyl (C=O) groups is 1. The summed E-state index contributed by atoms with van der Waals surface area (Å²) in [6, 6.07) is -0.893. The Bertz CT molecular complexity index is 377. The zero-order chi connectivity index (χ0) is 12.7. The zero-order valence-corrected chi connectivity index (χ0v) is 9.41. The van der Waals surface area contributed by atoms with Crippen LogP contribution in [0, 0.1) is 0 Å². The number of hydrogen-bond acceptors (Lipinski definition) is 5. The van der Waals surface area contributed by atoms with Crippen LogP contribution in [0.2, 0.25) is 0 Å². The average Bonchev–Trinajstić information content (AvgIpc) is 2.75. The lowest BCUT2D eigenvalue weighted by atomic mass is 10.2. The lowest BCUT2D eigenvalue weighted by molar-refractivity contribution is -0.139. The summed E-state index contributed by atoms with van der Waals surface area (Å²) in [5.74, 6) is -1.01. The molecule has 3 N–H and O–H groups in total. The Morgan fingerprint density at radius 1 is 1.71 bits per heavy atom. The lowest BCUT2D eigenvalue weighted by Gasteiger charge is -2.09. The molecule has 1 aromatic rings. The second-order valence-electron chi connectivity index (χ2n) is 3.45. The van der Waals surface area contributed by atoms with Gasteiger partial charge in [-0.3, -0.25) is 14.8 Å². The molecule has 1 unspecified atom stereocenters. The van der Waals surface area contributed by atoms with Gasteiger partial charge in [0.15, 0.2) is 6.04 Å². The first-order valence-electron chi connectivity index (χ1n) is 5.27. The highest BCUT2D eigenvalue weighted by molar-refractivity contribution is 5.74. The number of aromatic nitrogens is 3. The van der Waals surface area contributed by atoms with Gasteiger partial charge in [-0.1, -0.05) is 11.3 Å². The van der Waals surface area contributed by atoms with Crippen LogP contribution in [-0.4, -0.2) is 44.3 Å². The van der Waals surface area contributed by atoms with Gasteiger partial charge in [0, 0.05) is 19.7 Å². The summed E-state index contributed by atoms with van der Waals surface area (Å²) in [7, 11) is 0. The summed E-state index contributed by atoms with van der Waals surface area (Å²) in [5, 5.41) is 28.1. The van der Waals surface area contributed by atoms with E-state index in [0.29, 0.717) is 25.2 Å². The van der Waals surface area contributed by atoms with Crippen LogP contribution in [0.1, 0.15) is 18.2 Å². The molecule has 0 bridgehead atoms. The first kappa shape index (κ1) is 13.3. The predicted octanol–water partition coefficient (Wildman–Crippen LogP) is -0.438. The molecule has 0 aliphatic carbocycles. The van der Waals surface area contributed by atoms with E-state index in [0.717, 1.165) is 0 Å². The van der Waals surface area contributed by atoms with Gasteiger partial charge in [-0.25, -0.2) is 0 Å². The van der Waals surface area contributed by atoms with E-state index in [9.17, 15) is 4.79 Å². The summed E-state index contributed by atoms with van der Waals surface area (Å²) in [6.07, 6.45) is 3.69. The second kappa shape index (κ2) is 6.77. The molecule has 0 saturated heterocycles. The molecule has 0 aliphatic rings. The molecule has 1 aromatic heterocycles. The van der Waals surface area contributed by atoms with Crippen LogP contribution in [0.15, 0.2) is 18.9 Å². The highest BCUT2D eigenvalue weighted by Gasteiger charge is 2.21. The van der Waals surface area contributed by atoms with E-state index in [4.69, 9.17) is 10.2 Å². The summed E-state index contributed by atoms with van der Waals surface area (Å²) >= 11 is 0. The van der Waals surface area contributed by atoms with E-state index in [-0.39, 0.29) is 6.61 Å². The van der Waals surface area contributed by atoms with Crippen LogP contribution >= 0.6 is 0 Å². The molecule has 1 rings (SSSR count). The Hall–Kier alpha value is -1.73. The van der Waals surface area contributed by atoms with Gasteiger partial charge in [0.25, 0.3) is 0 Å². The van der Waals surface area contributed by atoms with Gasteiger partial charge in [0.1, 0.15) is 5.69 Å². The second-order valence-corrected chi connectivity index (χ2v) is 3.45. The van der Waals surface area contributed by atoms with Crippen molar-refractivity contribution in [3.63, 3.8) is 0 Å². The third kappa shape index (κ3) is 3.97. The maximum Gasteiger partial charge on any atom is 0.327 e. The number of hydrogen-bond donors (Lipinski definition) is 3. The maximum absolute atomic E-state index is 11.0. The van der Waals surface area contributed by atoms with Crippen LogP contribution in [0.3, 0.4) is 0 Å². The SMILES string of the molecule is C=CCNC(C(=O)O)c1cn(CCCO)nn1. The zero-order valence-electron chi connectivity index (χ0n) is 9.41. The van der Waals surface area contributed by atoms with Crippen molar-refractivity contribution in [3.8, 4) is 0 Å². The lowest BCUT2D eigenvalue weighted by Crippen LogP contribution is -2.28. The highest BCUT2D eigenvalue weighted by atomic mass is 16.4. The van der Waals surface area contributed by atoms with Crippen LogP contribution in [0.4, 0.5) is 0 Å². The minimum absolute atomic E-state index is 0.0618. The van der Waals surface area contributed by atoms with Gasteiger partial charge in [-0.05, 0) is 6.42 Å². The van der Waals surface area contributed by atoms with E-state index in [1.807, 2.05) is 0 Å². The molecule has 0 aromatic carbocycles. The van der Waals surface area contributed by atoms with Crippen molar-refractivity contribution in [2.75, 3.05) is 13.2 Å². The summed E-state index contributed by atoms with van der Waals surface area (Å²) in [6.45, 7) is 4.46. The average molecular weight is 240 g/mol. The molecule has 0 amide bonds. The minimum atomic E-state index is -1.01. The molecular weight excluding hydrogens is 224 g/mol. The van der Waals surface area contributed by atoms with Crippen LogP contribution in [-0.2, 0) is 11.3 Å². The van der Waals surface area contributed by atoms with Crippen molar-refractivity contribution in [1.29, 1.82) is 0 Å². The Balaban J connectivity index is 2.69. The summed E-state index contributed by atoms with van der Waals surface area (Å²) in [4.78, 5) is 11.0. The van der Waals surface area contributed by atoms with E-state index in [1.54, 1.807) is 12.3 Å². The topological polar surface area (TPSA) is 100 Å². The quantitative estimate of drug-likeness (QED) is 0.533. The number of carboxylic acid groups (broad SMARTS) is 1. The molecule has 94 valence electrons. The Labute approximate surface area is 98.8 Å². The molecule has 17 heavy (non-hydrogen) atoms. The Morgan fingerprint density at radius 3 is 3.06 bits per heavy atom. The molecule has 0 fully saturated rings. The molecule has 0 radical (unpaired) electrons. The molecule has 7 nitrogen and oxygen atoms in total.